The molecule has 0 fully saturated rings. The normalized spacial score (nSPS) is 23.1. The van der Waals surface area contributed by atoms with Gasteiger partial charge in [0, 0.05) is 16.0 Å². The maximum Gasteiger partial charge on any atom is 0.191 e. The Morgan fingerprint density at radius 3 is 2.57 bits per heavy atom. The average Bonchev–Trinajstić information content (AvgIpc) is 2.68. The van der Waals surface area contributed by atoms with Gasteiger partial charge in [0.1, 0.15) is 11.8 Å². The van der Waals surface area contributed by atoms with E-state index >= 15 is 0 Å². The van der Waals surface area contributed by atoms with Gasteiger partial charge in [0.2, 0.25) is 0 Å². The standard InChI is InChI=1S/C22H21BrN4O/c1-13(2)28-19-8-7-14(23)9-17(19)20-16-6-4-3-5-15(16)18(10-24)21(27)22(20,11-25)12-26/h5,7-9,13,16,20H,3-4,6,27H2,1-2H3/t16-,20+/m1/s1. The van der Waals surface area contributed by atoms with Gasteiger partial charge in [-0.2, -0.15) is 15.8 Å². The molecule has 1 aromatic carbocycles. The molecule has 1 aromatic rings. The summed E-state index contributed by atoms with van der Waals surface area (Å²) in [6.45, 7) is 3.87. The van der Waals surface area contributed by atoms with E-state index in [-0.39, 0.29) is 23.3 Å². The molecule has 0 saturated carbocycles. The van der Waals surface area contributed by atoms with Crippen molar-refractivity contribution in [3.8, 4) is 24.0 Å². The monoisotopic (exact) mass is 436 g/mol. The van der Waals surface area contributed by atoms with Crippen LogP contribution in [-0.2, 0) is 0 Å². The van der Waals surface area contributed by atoms with E-state index in [1.165, 1.54) is 0 Å². The number of allylic oxidation sites excluding steroid dienone is 4. The van der Waals surface area contributed by atoms with Gasteiger partial charge in [0.15, 0.2) is 5.41 Å². The van der Waals surface area contributed by atoms with E-state index in [4.69, 9.17) is 10.5 Å². The number of fused-ring (bicyclic) bond motifs is 1. The molecule has 28 heavy (non-hydrogen) atoms. The molecule has 0 spiro atoms. The van der Waals surface area contributed by atoms with E-state index < -0.39 is 11.3 Å². The molecule has 0 unspecified atom stereocenters. The lowest BCUT2D eigenvalue weighted by Crippen LogP contribution is -2.42. The van der Waals surface area contributed by atoms with Crippen LogP contribution in [0, 0.1) is 45.3 Å². The highest BCUT2D eigenvalue weighted by Crippen LogP contribution is 2.57. The molecular weight excluding hydrogens is 416 g/mol. The first-order valence-corrected chi connectivity index (χ1v) is 10.1. The highest BCUT2D eigenvalue weighted by Gasteiger charge is 2.54. The zero-order chi connectivity index (χ0) is 20.5. The fraction of sp³-hybridized carbons (Fsp3) is 0.409. The zero-order valence-electron chi connectivity index (χ0n) is 15.9. The second kappa shape index (κ2) is 7.70. The SMILES string of the molecule is CC(C)Oc1ccc(Br)cc1[C@@H]1[C@@H]2CCCC=C2C(C#N)=C(N)C1(C#N)C#N. The predicted molar refractivity (Wildman–Crippen MR) is 109 cm³/mol. The number of nitriles is 3. The Balaban J connectivity index is 2.35. The van der Waals surface area contributed by atoms with Gasteiger partial charge in [-0.05, 0) is 62.8 Å². The van der Waals surface area contributed by atoms with Crippen molar-refractivity contribution in [2.75, 3.05) is 0 Å². The summed E-state index contributed by atoms with van der Waals surface area (Å²) in [6.07, 6.45) is 4.55. The quantitative estimate of drug-likeness (QED) is 0.729. The summed E-state index contributed by atoms with van der Waals surface area (Å²) < 4.78 is 6.85. The van der Waals surface area contributed by atoms with Crippen molar-refractivity contribution >= 4 is 15.9 Å². The van der Waals surface area contributed by atoms with Crippen LogP contribution in [0.5, 0.6) is 5.75 Å². The van der Waals surface area contributed by atoms with Gasteiger partial charge in [-0.1, -0.05) is 22.0 Å². The molecule has 2 aliphatic rings. The third-order valence-electron chi connectivity index (χ3n) is 5.47. The topological polar surface area (TPSA) is 107 Å². The lowest BCUT2D eigenvalue weighted by molar-refractivity contribution is 0.230. The van der Waals surface area contributed by atoms with Gasteiger partial charge in [-0.15, -0.1) is 0 Å². The van der Waals surface area contributed by atoms with Crippen LogP contribution in [0.4, 0.5) is 0 Å². The Hall–Kier alpha value is -2.75. The third kappa shape index (κ3) is 3.07. The number of rotatable bonds is 3. The molecule has 0 saturated heterocycles. The first-order chi connectivity index (χ1) is 13.4. The van der Waals surface area contributed by atoms with Gasteiger partial charge >= 0.3 is 0 Å². The molecule has 0 aliphatic heterocycles. The average molecular weight is 437 g/mol. The summed E-state index contributed by atoms with van der Waals surface area (Å²) >= 11 is 3.51. The second-order valence-corrected chi connectivity index (χ2v) is 8.37. The summed E-state index contributed by atoms with van der Waals surface area (Å²) in [7, 11) is 0. The van der Waals surface area contributed by atoms with Crippen molar-refractivity contribution in [2.45, 2.75) is 45.1 Å². The van der Waals surface area contributed by atoms with E-state index in [1.807, 2.05) is 38.1 Å². The fourth-order valence-corrected chi connectivity index (χ4v) is 4.72. The van der Waals surface area contributed by atoms with Crippen LogP contribution in [0.15, 0.2) is 45.6 Å². The lowest BCUT2D eigenvalue weighted by Gasteiger charge is -2.43. The van der Waals surface area contributed by atoms with Gasteiger partial charge in [-0.3, -0.25) is 0 Å². The molecule has 0 bridgehead atoms. The summed E-state index contributed by atoms with van der Waals surface area (Å²) in [5.74, 6) is -0.0209. The molecule has 2 N–H and O–H groups in total. The van der Waals surface area contributed by atoms with Crippen molar-refractivity contribution in [1.29, 1.82) is 15.8 Å². The van der Waals surface area contributed by atoms with Gasteiger partial charge in [-0.25, -0.2) is 0 Å². The number of halogens is 1. The third-order valence-corrected chi connectivity index (χ3v) is 5.96. The predicted octanol–water partition coefficient (Wildman–Crippen LogP) is 4.83. The molecule has 0 amide bonds. The van der Waals surface area contributed by atoms with Crippen molar-refractivity contribution in [1.82, 2.24) is 0 Å². The summed E-state index contributed by atoms with van der Waals surface area (Å²) in [4.78, 5) is 0. The number of ether oxygens (including phenoxy) is 1. The first-order valence-electron chi connectivity index (χ1n) is 9.29. The summed E-state index contributed by atoms with van der Waals surface area (Å²) in [5.41, 5.74) is 6.66. The number of hydrogen-bond donors (Lipinski definition) is 1. The van der Waals surface area contributed by atoms with Crippen LogP contribution in [0.25, 0.3) is 0 Å². The second-order valence-electron chi connectivity index (χ2n) is 7.46. The molecule has 0 radical (unpaired) electrons. The molecule has 2 atom stereocenters. The molecule has 5 nitrogen and oxygen atoms in total. The minimum Gasteiger partial charge on any atom is -0.491 e. The largest absolute Gasteiger partial charge is 0.491 e. The Bertz CT molecular complexity index is 973. The Morgan fingerprint density at radius 1 is 1.25 bits per heavy atom. The minimum atomic E-state index is -1.62. The van der Waals surface area contributed by atoms with Crippen molar-refractivity contribution in [3.05, 3.63) is 51.2 Å². The number of benzene rings is 1. The van der Waals surface area contributed by atoms with E-state index in [1.54, 1.807) is 0 Å². The maximum atomic E-state index is 10.1. The minimum absolute atomic E-state index is 0.0462. The van der Waals surface area contributed by atoms with Crippen molar-refractivity contribution < 1.29 is 4.74 Å². The number of hydrogen-bond acceptors (Lipinski definition) is 5. The Morgan fingerprint density at radius 2 is 1.96 bits per heavy atom. The van der Waals surface area contributed by atoms with E-state index in [0.29, 0.717) is 5.75 Å². The number of nitrogens with zero attached hydrogens (tertiary/aromatic N) is 3. The van der Waals surface area contributed by atoms with E-state index in [0.717, 1.165) is 34.9 Å². The highest BCUT2D eigenvalue weighted by atomic mass is 79.9. The number of nitrogens with two attached hydrogens (primary N) is 1. The lowest BCUT2D eigenvalue weighted by atomic mass is 9.56. The molecule has 142 valence electrons. The van der Waals surface area contributed by atoms with Crippen LogP contribution >= 0.6 is 15.9 Å². The van der Waals surface area contributed by atoms with E-state index in [9.17, 15) is 15.8 Å². The van der Waals surface area contributed by atoms with Crippen LogP contribution in [-0.4, -0.2) is 6.10 Å². The molecular formula is C22H21BrN4O. The van der Waals surface area contributed by atoms with Crippen molar-refractivity contribution in [2.24, 2.45) is 17.1 Å². The van der Waals surface area contributed by atoms with Gasteiger partial charge < -0.3 is 10.5 Å². The van der Waals surface area contributed by atoms with Crippen molar-refractivity contribution in [3.63, 3.8) is 0 Å². The van der Waals surface area contributed by atoms with Crippen LogP contribution < -0.4 is 10.5 Å². The van der Waals surface area contributed by atoms with E-state index in [2.05, 4.69) is 34.1 Å². The molecule has 6 heteroatoms. The molecule has 0 aromatic heterocycles. The first kappa shape index (κ1) is 20.0. The molecule has 3 rings (SSSR count). The summed E-state index contributed by atoms with van der Waals surface area (Å²) in [5, 5.41) is 30.0. The highest BCUT2D eigenvalue weighted by molar-refractivity contribution is 9.10. The van der Waals surface area contributed by atoms with Gasteiger partial charge in [0.05, 0.1) is 29.5 Å². The van der Waals surface area contributed by atoms with Crippen LogP contribution in [0.1, 0.15) is 44.6 Å². The zero-order valence-corrected chi connectivity index (χ0v) is 17.5. The fourth-order valence-electron chi connectivity index (χ4n) is 4.34. The van der Waals surface area contributed by atoms with Crippen LogP contribution in [0.3, 0.4) is 0 Å². The Labute approximate surface area is 173 Å². The molecule has 2 aliphatic carbocycles. The smallest absolute Gasteiger partial charge is 0.191 e. The molecule has 0 heterocycles. The van der Waals surface area contributed by atoms with Crippen LogP contribution in [0.2, 0.25) is 0 Å². The maximum absolute atomic E-state index is 10.1. The summed E-state index contributed by atoms with van der Waals surface area (Å²) in [6, 6.07) is 12.1. The van der Waals surface area contributed by atoms with Gasteiger partial charge in [0.25, 0.3) is 0 Å². The Kier molecular flexibility index (Phi) is 5.50.